The molecule has 0 aliphatic carbocycles. The summed E-state index contributed by atoms with van der Waals surface area (Å²) >= 11 is 2.15. The van der Waals surface area contributed by atoms with E-state index in [-0.39, 0.29) is 5.56 Å². The second-order valence-electron chi connectivity index (χ2n) is 2.88. The van der Waals surface area contributed by atoms with Gasteiger partial charge in [-0.25, -0.2) is 4.79 Å². The van der Waals surface area contributed by atoms with Crippen molar-refractivity contribution in [3.8, 4) is 11.3 Å². The van der Waals surface area contributed by atoms with Gasteiger partial charge in [0.05, 0.1) is 6.20 Å². The maximum Gasteiger partial charge on any atom is 0.341 e. The lowest BCUT2D eigenvalue weighted by atomic mass is 10.1. The third kappa shape index (κ3) is 2.01. The van der Waals surface area contributed by atoms with Crippen LogP contribution < -0.4 is 0 Å². The predicted octanol–water partition coefficient (Wildman–Crippen LogP) is 2.64. The SMILES string of the molecule is O=C(O)c1cnoc1-c1cccc(I)c1. The molecule has 1 aromatic carbocycles. The number of nitrogens with zero attached hydrogens (tertiary/aromatic N) is 1. The number of hydrogen-bond donors (Lipinski definition) is 1. The topological polar surface area (TPSA) is 63.3 Å². The van der Waals surface area contributed by atoms with Crippen LogP contribution in [0.3, 0.4) is 0 Å². The Hall–Kier alpha value is -1.37. The molecule has 2 aromatic rings. The molecule has 76 valence electrons. The Morgan fingerprint density at radius 3 is 2.93 bits per heavy atom. The maximum atomic E-state index is 10.8. The maximum absolute atomic E-state index is 10.8. The summed E-state index contributed by atoms with van der Waals surface area (Å²) < 4.78 is 5.94. The summed E-state index contributed by atoms with van der Waals surface area (Å²) in [6, 6.07) is 7.38. The zero-order chi connectivity index (χ0) is 10.8. The van der Waals surface area contributed by atoms with E-state index in [0.717, 1.165) is 9.13 Å². The Labute approximate surface area is 99.0 Å². The Kier molecular flexibility index (Phi) is 2.72. The van der Waals surface area contributed by atoms with Crippen molar-refractivity contribution in [3.63, 3.8) is 0 Å². The number of carboxylic acid groups (broad SMARTS) is 1. The van der Waals surface area contributed by atoms with Crippen molar-refractivity contribution < 1.29 is 14.4 Å². The highest BCUT2D eigenvalue weighted by atomic mass is 127. The van der Waals surface area contributed by atoms with Gasteiger partial charge in [-0.05, 0) is 34.7 Å². The van der Waals surface area contributed by atoms with Crippen LogP contribution in [0.1, 0.15) is 10.4 Å². The van der Waals surface area contributed by atoms with Crippen molar-refractivity contribution >= 4 is 28.6 Å². The van der Waals surface area contributed by atoms with Gasteiger partial charge >= 0.3 is 5.97 Å². The number of aromatic nitrogens is 1. The second kappa shape index (κ2) is 4.01. The minimum absolute atomic E-state index is 0.0806. The van der Waals surface area contributed by atoms with E-state index < -0.39 is 5.97 Å². The monoisotopic (exact) mass is 315 g/mol. The summed E-state index contributed by atoms with van der Waals surface area (Å²) in [6.45, 7) is 0. The molecule has 0 bridgehead atoms. The van der Waals surface area contributed by atoms with E-state index in [1.807, 2.05) is 18.2 Å². The van der Waals surface area contributed by atoms with Crippen LogP contribution in [0.25, 0.3) is 11.3 Å². The number of hydrogen-bond acceptors (Lipinski definition) is 3. The molecule has 15 heavy (non-hydrogen) atoms. The highest BCUT2D eigenvalue weighted by molar-refractivity contribution is 14.1. The second-order valence-corrected chi connectivity index (χ2v) is 4.13. The molecule has 0 unspecified atom stereocenters. The van der Waals surface area contributed by atoms with Crippen molar-refractivity contribution in [2.45, 2.75) is 0 Å². The van der Waals surface area contributed by atoms with Crippen LogP contribution in [0.5, 0.6) is 0 Å². The number of aromatic carboxylic acids is 1. The smallest absolute Gasteiger partial charge is 0.341 e. The molecule has 0 fully saturated rings. The largest absolute Gasteiger partial charge is 0.477 e. The zero-order valence-electron chi connectivity index (χ0n) is 7.48. The van der Waals surface area contributed by atoms with Crippen molar-refractivity contribution in [2.24, 2.45) is 0 Å². The van der Waals surface area contributed by atoms with E-state index in [2.05, 4.69) is 27.7 Å². The fourth-order valence-corrected chi connectivity index (χ4v) is 1.77. The Balaban J connectivity index is 2.54. The van der Waals surface area contributed by atoms with Gasteiger partial charge < -0.3 is 9.63 Å². The molecular formula is C10H6INO3. The van der Waals surface area contributed by atoms with Gasteiger partial charge in [0.1, 0.15) is 5.56 Å². The third-order valence-electron chi connectivity index (χ3n) is 1.89. The summed E-state index contributed by atoms with van der Waals surface area (Å²) in [7, 11) is 0. The minimum atomic E-state index is -1.04. The molecule has 2 rings (SSSR count). The van der Waals surface area contributed by atoms with Crippen LogP contribution >= 0.6 is 22.6 Å². The fourth-order valence-electron chi connectivity index (χ4n) is 1.23. The third-order valence-corrected chi connectivity index (χ3v) is 2.56. The standard InChI is InChI=1S/C10H6INO3/c11-7-3-1-2-6(4-7)9-8(10(13)14)5-12-15-9/h1-5H,(H,13,14). The summed E-state index contributed by atoms with van der Waals surface area (Å²) in [4.78, 5) is 10.8. The highest BCUT2D eigenvalue weighted by Crippen LogP contribution is 2.24. The Bertz CT molecular complexity index is 507. The first-order valence-corrected chi connectivity index (χ1v) is 5.20. The lowest BCUT2D eigenvalue weighted by molar-refractivity contribution is 0.0697. The number of carboxylic acids is 1. The van der Waals surface area contributed by atoms with E-state index in [9.17, 15) is 4.79 Å². The number of halogens is 1. The number of carbonyl (C=O) groups is 1. The molecular weight excluding hydrogens is 309 g/mol. The lowest BCUT2D eigenvalue weighted by Gasteiger charge is -1.97. The molecule has 0 radical (unpaired) electrons. The van der Waals surface area contributed by atoms with Crippen molar-refractivity contribution in [1.82, 2.24) is 5.16 Å². The van der Waals surface area contributed by atoms with E-state index in [0.29, 0.717) is 5.76 Å². The molecule has 0 saturated carbocycles. The summed E-state index contributed by atoms with van der Waals surface area (Å²) in [5.74, 6) is -0.744. The first-order chi connectivity index (χ1) is 7.18. The Morgan fingerprint density at radius 2 is 2.27 bits per heavy atom. The molecule has 0 saturated heterocycles. The average molecular weight is 315 g/mol. The molecule has 0 aliphatic rings. The molecule has 0 amide bonds. The summed E-state index contributed by atoms with van der Waals surface area (Å²) in [5.41, 5.74) is 0.800. The predicted molar refractivity (Wildman–Crippen MR) is 61.6 cm³/mol. The van der Waals surface area contributed by atoms with Gasteiger partial charge in [0.25, 0.3) is 0 Å². The van der Waals surface area contributed by atoms with Crippen LogP contribution in [-0.4, -0.2) is 16.2 Å². The zero-order valence-corrected chi connectivity index (χ0v) is 9.63. The normalized spacial score (nSPS) is 10.2. The summed E-state index contributed by atoms with van der Waals surface area (Å²) in [5, 5.41) is 12.4. The molecule has 1 heterocycles. The van der Waals surface area contributed by atoms with Crippen molar-refractivity contribution in [2.75, 3.05) is 0 Å². The average Bonchev–Trinajstić information content (AvgIpc) is 2.65. The molecule has 0 aliphatic heterocycles. The van der Waals surface area contributed by atoms with Crippen molar-refractivity contribution in [1.29, 1.82) is 0 Å². The Morgan fingerprint density at radius 1 is 1.47 bits per heavy atom. The van der Waals surface area contributed by atoms with Crippen LogP contribution in [0.4, 0.5) is 0 Å². The van der Waals surface area contributed by atoms with E-state index >= 15 is 0 Å². The van der Waals surface area contributed by atoms with Crippen molar-refractivity contribution in [3.05, 3.63) is 39.6 Å². The lowest BCUT2D eigenvalue weighted by Crippen LogP contribution is -1.95. The number of benzene rings is 1. The molecule has 0 spiro atoms. The molecule has 1 N–H and O–H groups in total. The summed E-state index contributed by atoms with van der Waals surface area (Å²) in [6.07, 6.45) is 1.21. The first-order valence-electron chi connectivity index (χ1n) is 4.12. The van der Waals surface area contributed by atoms with Crippen LogP contribution in [-0.2, 0) is 0 Å². The van der Waals surface area contributed by atoms with Gasteiger partial charge in [0.15, 0.2) is 5.76 Å². The minimum Gasteiger partial charge on any atom is -0.477 e. The van der Waals surface area contributed by atoms with E-state index in [1.54, 1.807) is 6.07 Å². The van der Waals surface area contributed by atoms with Crippen LogP contribution in [0.2, 0.25) is 0 Å². The van der Waals surface area contributed by atoms with E-state index in [4.69, 9.17) is 9.63 Å². The first kappa shape index (κ1) is 10.2. The quantitative estimate of drug-likeness (QED) is 0.866. The van der Waals surface area contributed by atoms with Gasteiger partial charge in [0, 0.05) is 9.13 Å². The fraction of sp³-hybridized carbons (Fsp3) is 0. The van der Waals surface area contributed by atoms with Gasteiger partial charge in [-0.1, -0.05) is 17.3 Å². The van der Waals surface area contributed by atoms with Gasteiger partial charge in [0.2, 0.25) is 0 Å². The molecule has 4 nitrogen and oxygen atoms in total. The molecule has 5 heteroatoms. The molecule has 0 atom stereocenters. The molecule has 1 aromatic heterocycles. The van der Waals surface area contributed by atoms with Gasteiger partial charge in [-0.2, -0.15) is 0 Å². The van der Waals surface area contributed by atoms with Gasteiger partial charge in [-0.15, -0.1) is 0 Å². The van der Waals surface area contributed by atoms with E-state index in [1.165, 1.54) is 6.20 Å². The van der Waals surface area contributed by atoms with Crippen LogP contribution in [0.15, 0.2) is 35.0 Å². The van der Waals surface area contributed by atoms with Gasteiger partial charge in [-0.3, -0.25) is 0 Å². The number of rotatable bonds is 2. The van der Waals surface area contributed by atoms with Crippen LogP contribution in [0, 0.1) is 3.57 Å². The highest BCUT2D eigenvalue weighted by Gasteiger charge is 2.16.